The molecule has 4 N–H and O–H groups in total. The second-order valence-electron chi connectivity index (χ2n) is 3.64. The Kier molecular flexibility index (Phi) is 2.69. The average Bonchev–Trinajstić information content (AvgIpc) is 1.82. The number of nitrogens with two attached hydrogens (primary N) is 2. The highest BCUT2D eigenvalue weighted by atomic mass is 16.5. The molecule has 1 fully saturated rings. The first-order valence-corrected chi connectivity index (χ1v) is 4.21. The molecule has 0 spiro atoms. The zero-order valence-corrected chi connectivity index (χ0v) is 7.38. The van der Waals surface area contributed by atoms with E-state index in [9.17, 15) is 4.79 Å². The minimum absolute atomic E-state index is 0.142. The highest BCUT2D eigenvalue weighted by molar-refractivity contribution is 5.75. The zero-order chi connectivity index (χ0) is 9.19. The molecule has 1 rings (SSSR count). The van der Waals surface area contributed by atoms with Crippen LogP contribution in [0.5, 0.6) is 0 Å². The van der Waals surface area contributed by atoms with Gasteiger partial charge in [-0.3, -0.25) is 4.79 Å². The molecule has 2 atom stereocenters. The van der Waals surface area contributed by atoms with Crippen molar-refractivity contribution in [1.82, 2.24) is 0 Å². The zero-order valence-electron chi connectivity index (χ0n) is 7.38. The smallest absolute Gasteiger partial charge is 0.219 e. The van der Waals surface area contributed by atoms with Gasteiger partial charge in [-0.25, -0.2) is 0 Å². The largest absolute Gasteiger partial charge is 0.378 e. The van der Waals surface area contributed by atoms with Crippen molar-refractivity contribution in [3.63, 3.8) is 0 Å². The van der Waals surface area contributed by atoms with Gasteiger partial charge in [-0.05, 0) is 19.8 Å². The molecule has 4 nitrogen and oxygen atoms in total. The van der Waals surface area contributed by atoms with Crippen LogP contribution >= 0.6 is 0 Å². The average molecular weight is 172 g/mol. The number of carbonyl (C=O) groups excluding carboxylic acids is 1. The van der Waals surface area contributed by atoms with E-state index in [1.54, 1.807) is 0 Å². The van der Waals surface area contributed by atoms with Crippen LogP contribution in [0.4, 0.5) is 0 Å². The summed E-state index contributed by atoms with van der Waals surface area (Å²) in [6, 6.07) is 0. The Labute approximate surface area is 72.2 Å². The van der Waals surface area contributed by atoms with Gasteiger partial charge in [0.1, 0.15) is 0 Å². The summed E-state index contributed by atoms with van der Waals surface area (Å²) in [5.74, 6) is -0.327. The fraction of sp³-hybridized carbons (Fsp3) is 0.875. The van der Waals surface area contributed by atoms with Crippen LogP contribution in [0.25, 0.3) is 0 Å². The predicted molar refractivity (Wildman–Crippen MR) is 45.4 cm³/mol. The molecular weight excluding hydrogens is 156 g/mol. The lowest BCUT2D eigenvalue weighted by molar-refractivity contribution is -0.120. The summed E-state index contributed by atoms with van der Waals surface area (Å²) in [4.78, 5) is 10.7. The Balaban J connectivity index is 2.51. The van der Waals surface area contributed by atoms with Gasteiger partial charge in [0.05, 0.1) is 6.10 Å². The van der Waals surface area contributed by atoms with Crippen molar-refractivity contribution in [2.45, 2.75) is 37.8 Å². The summed E-state index contributed by atoms with van der Waals surface area (Å²) < 4.78 is 5.32. The van der Waals surface area contributed by atoms with Crippen molar-refractivity contribution in [1.29, 1.82) is 0 Å². The minimum atomic E-state index is -0.427. The fourth-order valence-electron chi connectivity index (χ4n) is 1.70. The first-order valence-electron chi connectivity index (χ1n) is 4.21. The van der Waals surface area contributed by atoms with Crippen LogP contribution < -0.4 is 11.5 Å². The summed E-state index contributed by atoms with van der Waals surface area (Å²) in [5, 5.41) is 0. The molecule has 12 heavy (non-hydrogen) atoms. The summed E-state index contributed by atoms with van der Waals surface area (Å²) in [5.41, 5.74) is 10.6. The van der Waals surface area contributed by atoms with Gasteiger partial charge in [-0.1, -0.05) is 0 Å². The first kappa shape index (κ1) is 9.48. The Bertz CT molecular complexity index is 184. The molecule has 1 amide bonds. The first-order chi connectivity index (χ1) is 5.52. The second kappa shape index (κ2) is 3.41. The lowest BCUT2D eigenvalue weighted by Crippen LogP contribution is -2.49. The van der Waals surface area contributed by atoms with Gasteiger partial charge in [-0.2, -0.15) is 0 Å². The van der Waals surface area contributed by atoms with Gasteiger partial charge in [0, 0.05) is 18.6 Å². The molecule has 1 saturated heterocycles. The SMILES string of the molecule is CC1CC(N)(CC(N)=O)CCO1. The van der Waals surface area contributed by atoms with Crippen molar-refractivity contribution in [2.24, 2.45) is 11.5 Å². The van der Waals surface area contributed by atoms with Crippen molar-refractivity contribution in [2.75, 3.05) is 6.61 Å². The quantitative estimate of drug-likeness (QED) is 0.603. The topological polar surface area (TPSA) is 78.3 Å². The normalized spacial score (nSPS) is 36.3. The second-order valence-corrected chi connectivity index (χ2v) is 3.64. The Morgan fingerprint density at radius 2 is 2.42 bits per heavy atom. The monoisotopic (exact) mass is 172 g/mol. The van der Waals surface area contributed by atoms with Crippen molar-refractivity contribution in [3.05, 3.63) is 0 Å². The Morgan fingerprint density at radius 1 is 1.75 bits per heavy atom. The number of hydrogen-bond donors (Lipinski definition) is 2. The molecule has 1 aliphatic rings. The van der Waals surface area contributed by atoms with Crippen LogP contribution in [0.1, 0.15) is 26.2 Å². The molecule has 4 heteroatoms. The predicted octanol–water partition coefficient (Wildman–Crippen LogP) is -0.242. The molecule has 0 aliphatic carbocycles. The van der Waals surface area contributed by atoms with Crippen LogP contribution in [-0.2, 0) is 9.53 Å². The van der Waals surface area contributed by atoms with Crippen LogP contribution in [0, 0.1) is 0 Å². The van der Waals surface area contributed by atoms with Crippen LogP contribution in [0.2, 0.25) is 0 Å². The van der Waals surface area contributed by atoms with E-state index in [0.29, 0.717) is 6.61 Å². The van der Waals surface area contributed by atoms with Gasteiger partial charge in [-0.15, -0.1) is 0 Å². The van der Waals surface area contributed by atoms with Crippen LogP contribution in [0.15, 0.2) is 0 Å². The molecule has 0 aromatic heterocycles. The van der Waals surface area contributed by atoms with E-state index in [-0.39, 0.29) is 18.4 Å². The van der Waals surface area contributed by atoms with E-state index in [4.69, 9.17) is 16.2 Å². The summed E-state index contributed by atoms with van der Waals surface area (Å²) in [7, 11) is 0. The minimum Gasteiger partial charge on any atom is -0.378 e. The molecule has 1 aliphatic heterocycles. The third kappa shape index (κ3) is 2.46. The van der Waals surface area contributed by atoms with Gasteiger partial charge in [0.25, 0.3) is 0 Å². The van der Waals surface area contributed by atoms with E-state index < -0.39 is 5.54 Å². The van der Waals surface area contributed by atoms with Crippen molar-refractivity contribution in [3.8, 4) is 0 Å². The maximum Gasteiger partial charge on any atom is 0.219 e. The van der Waals surface area contributed by atoms with E-state index in [0.717, 1.165) is 12.8 Å². The molecule has 1 heterocycles. The fourth-order valence-corrected chi connectivity index (χ4v) is 1.70. The van der Waals surface area contributed by atoms with E-state index >= 15 is 0 Å². The highest BCUT2D eigenvalue weighted by Crippen LogP contribution is 2.24. The molecule has 70 valence electrons. The highest BCUT2D eigenvalue weighted by Gasteiger charge is 2.32. The van der Waals surface area contributed by atoms with E-state index in [1.807, 2.05) is 6.92 Å². The number of rotatable bonds is 2. The van der Waals surface area contributed by atoms with Gasteiger partial charge >= 0.3 is 0 Å². The molecule has 0 aromatic rings. The van der Waals surface area contributed by atoms with Gasteiger partial charge in [0.2, 0.25) is 5.91 Å². The molecule has 0 radical (unpaired) electrons. The number of primary amides is 1. The lowest BCUT2D eigenvalue weighted by Gasteiger charge is -2.35. The number of amides is 1. The van der Waals surface area contributed by atoms with Gasteiger partial charge < -0.3 is 16.2 Å². The van der Waals surface area contributed by atoms with Crippen molar-refractivity contribution < 1.29 is 9.53 Å². The Morgan fingerprint density at radius 3 is 2.92 bits per heavy atom. The van der Waals surface area contributed by atoms with Gasteiger partial charge in [0.15, 0.2) is 0 Å². The van der Waals surface area contributed by atoms with E-state index in [2.05, 4.69) is 0 Å². The molecular formula is C8H16N2O2. The standard InChI is InChI=1S/C8H16N2O2/c1-6-4-8(10,2-3-12-6)5-7(9)11/h6H,2-5,10H2,1H3,(H2,9,11). The lowest BCUT2D eigenvalue weighted by atomic mass is 9.85. The number of ether oxygens (including phenoxy) is 1. The maximum absolute atomic E-state index is 10.7. The van der Waals surface area contributed by atoms with Crippen molar-refractivity contribution >= 4 is 5.91 Å². The van der Waals surface area contributed by atoms with Crippen LogP contribution in [-0.4, -0.2) is 24.2 Å². The summed E-state index contributed by atoms with van der Waals surface area (Å²) >= 11 is 0. The molecule has 0 aromatic carbocycles. The summed E-state index contributed by atoms with van der Waals surface area (Å²) in [6.45, 7) is 2.59. The Hall–Kier alpha value is -0.610. The third-order valence-electron chi connectivity index (χ3n) is 2.22. The maximum atomic E-state index is 10.7. The number of carbonyl (C=O) groups is 1. The number of hydrogen-bond acceptors (Lipinski definition) is 3. The summed E-state index contributed by atoms with van der Waals surface area (Å²) in [6.07, 6.45) is 1.85. The molecule has 0 bridgehead atoms. The third-order valence-corrected chi connectivity index (χ3v) is 2.22. The molecule has 2 unspecified atom stereocenters. The van der Waals surface area contributed by atoms with E-state index in [1.165, 1.54) is 0 Å². The van der Waals surface area contributed by atoms with Crippen LogP contribution in [0.3, 0.4) is 0 Å². The molecule has 0 saturated carbocycles.